The van der Waals surface area contributed by atoms with Gasteiger partial charge < -0.3 is 19.6 Å². The molecule has 2 fully saturated rings. The van der Waals surface area contributed by atoms with Gasteiger partial charge in [0.25, 0.3) is 0 Å². The van der Waals surface area contributed by atoms with Crippen LogP contribution in [0.15, 0.2) is 24.9 Å². The molecule has 2 aromatic rings. The fourth-order valence-electron chi connectivity index (χ4n) is 4.44. The second kappa shape index (κ2) is 6.80. The number of hydrogen-bond donors (Lipinski definition) is 2. The highest BCUT2D eigenvalue weighted by molar-refractivity contribution is 5.81. The van der Waals surface area contributed by atoms with E-state index < -0.39 is 11.4 Å². The van der Waals surface area contributed by atoms with E-state index in [2.05, 4.69) is 19.9 Å². The smallest absolute Gasteiger partial charge is 0.313 e. The number of H-pyrrole nitrogens is 1. The number of amides is 1. The molecule has 2 N–H and O–H groups in total. The molecule has 0 aliphatic carbocycles. The molecule has 0 aromatic carbocycles. The third-order valence-electron chi connectivity index (χ3n) is 5.83. The summed E-state index contributed by atoms with van der Waals surface area (Å²) in [5, 5.41) is 9.96. The standard InChI is InChI=1S/C18H24N6O3/c1-2-15-20-3-4-23(15)9-16(25)24-7-13-6-22(8-14-5-19-12-21-14)10-18(13,11-24)17(26)27/h3-5,12-13H,2,6-11H2,1H3,(H,19,21)(H,26,27)/t13-,18-/m0/s1. The lowest BCUT2D eigenvalue weighted by Gasteiger charge is -2.25. The largest absolute Gasteiger partial charge is 0.481 e. The predicted molar refractivity (Wildman–Crippen MR) is 95.6 cm³/mol. The van der Waals surface area contributed by atoms with Crippen molar-refractivity contribution in [2.24, 2.45) is 11.3 Å². The van der Waals surface area contributed by atoms with Gasteiger partial charge in [0.2, 0.25) is 5.91 Å². The quantitative estimate of drug-likeness (QED) is 0.751. The van der Waals surface area contributed by atoms with Crippen LogP contribution in [-0.4, -0.2) is 72.5 Å². The summed E-state index contributed by atoms with van der Waals surface area (Å²) in [6.07, 6.45) is 7.63. The number of nitrogens with one attached hydrogen (secondary N) is 1. The van der Waals surface area contributed by atoms with E-state index in [1.54, 1.807) is 29.8 Å². The number of nitrogens with zero attached hydrogens (tertiary/aromatic N) is 5. The highest BCUT2D eigenvalue weighted by Gasteiger charge is 2.58. The molecule has 2 aliphatic rings. The number of rotatable bonds is 6. The van der Waals surface area contributed by atoms with Crippen LogP contribution < -0.4 is 0 Å². The molecule has 9 nitrogen and oxygen atoms in total. The molecule has 0 bridgehead atoms. The number of carbonyl (C=O) groups is 2. The number of carbonyl (C=O) groups excluding carboxylic acids is 1. The highest BCUT2D eigenvalue weighted by atomic mass is 16.4. The van der Waals surface area contributed by atoms with Crippen molar-refractivity contribution in [2.45, 2.75) is 26.4 Å². The van der Waals surface area contributed by atoms with Gasteiger partial charge in [-0.05, 0) is 0 Å². The van der Waals surface area contributed by atoms with Crippen LogP contribution in [0.2, 0.25) is 0 Å². The summed E-state index contributed by atoms with van der Waals surface area (Å²) < 4.78 is 1.84. The van der Waals surface area contributed by atoms with Gasteiger partial charge >= 0.3 is 5.97 Å². The molecule has 144 valence electrons. The molecular weight excluding hydrogens is 348 g/mol. The SMILES string of the molecule is CCc1nccn1CC(=O)N1C[C@@H]2CN(Cc3cnc[nH]3)C[C@]2(C(=O)O)C1. The van der Waals surface area contributed by atoms with Crippen LogP contribution in [0, 0.1) is 11.3 Å². The van der Waals surface area contributed by atoms with Crippen molar-refractivity contribution in [3.8, 4) is 0 Å². The van der Waals surface area contributed by atoms with Gasteiger partial charge in [-0.1, -0.05) is 6.92 Å². The fourth-order valence-corrected chi connectivity index (χ4v) is 4.44. The first-order valence-corrected chi connectivity index (χ1v) is 9.22. The topological polar surface area (TPSA) is 107 Å². The monoisotopic (exact) mass is 372 g/mol. The number of fused-ring (bicyclic) bond motifs is 1. The molecule has 2 aromatic heterocycles. The molecule has 0 radical (unpaired) electrons. The summed E-state index contributed by atoms with van der Waals surface area (Å²) in [6, 6.07) is 0. The van der Waals surface area contributed by atoms with E-state index in [-0.39, 0.29) is 24.9 Å². The minimum Gasteiger partial charge on any atom is -0.481 e. The van der Waals surface area contributed by atoms with Crippen LogP contribution in [0.4, 0.5) is 0 Å². The Morgan fingerprint density at radius 3 is 2.89 bits per heavy atom. The maximum atomic E-state index is 12.8. The molecule has 0 unspecified atom stereocenters. The normalized spacial score (nSPS) is 25.1. The Kier molecular flexibility index (Phi) is 4.47. The zero-order valence-electron chi connectivity index (χ0n) is 15.3. The van der Waals surface area contributed by atoms with Crippen LogP contribution in [-0.2, 0) is 29.1 Å². The van der Waals surface area contributed by atoms with Crippen molar-refractivity contribution in [2.75, 3.05) is 26.2 Å². The van der Waals surface area contributed by atoms with Gasteiger partial charge in [-0.15, -0.1) is 0 Å². The number of aromatic nitrogens is 4. The van der Waals surface area contributed by atoms with Crippen molar-refractivity contribution in [1.29, 1.82) is 0 Å². The Morgan fingerprint density at radius 1 is 1.37 bits per heavy atom. The Hall–Kier alpha value is -2.68. The maximum absolute atomic E-state index is 12.8. The fraction of sp³-hybridized carbons (Fsp3) is 0.556. The Morgan fingerprint density at radius 2 is 2.22 bits per heavy atom. The van der Waals surface area contributed by atoms with Gasteiger partial charge in [-0.2, -0.15) is 0 Å². The number of carboxylic acid groups (broad SMARTS) is 1. The van der Waals surface area contributed by atoms with Gasteiger partial charge in [0.15, 0.2) is 0 Å². The lowest BCUT2D eigenvalue weighted by molar-refractivity contribution is -0.149. The Bertz CT molecular complexity index is 832. The number of carboxylic acids is 1. The van der Waals surface area contributed by atoms with E-state index in [9.17, 15) is 14.7 Å². The number of aromatic amines is 1. The lowest BCUT2D eigenvalue weighted by Crippen LogP contribution is -2.42. The van der Waals surface area contributed by atoms with E-state index in [0.717, 1.165) is 17.9 Å². The van der Waals surface area contributed by atoms with Crippen molar-refractivity contribution in [3.05, 3.63) is 36.4 Å². The lowest BCUT2D eigenvalue weighted by atomic mass is 9.81. The van der Waals surface area contributed by atoms with Crippen molar-refractivity contribution < 1.29 is 14.7 Å². The summed E-state index contributed by atoms with van der Waals surface area (Å²) in [7, 11) is 0. The molecule has 4 heterocycles. The van der Waals surface area contributed by atoms with Crippen LogP contribution in [0.1, 0.15) is 18.4 Å². The van der Waals surface area contributed by atoms with Crippen molar-refractivity contribution in [3.63, 3.8) is 0 Å². The highest BCUT2D eigenvalue weighted by Crippen LogP contribution is 2.43. The van der Waals surface area contributed by atoms with Crippen LogP contribution >= 0.6 is 0 Å². The molecule has 1 amide bonds. The summed E-state index contributed by atoms with van der Waals surface area (Å²) in [5.41, 5.74) is 0.0775. The molecule has 0 saturated carbocycles. The van der Waals surface area contributed by atoms with Crippen LogP contribution in [0.25, 0.3) is 0 Å². The molecular formula is C18H24N6O3. The maximum Gasteiger partial charge on any atom is 0.313 e. The number of aliphatic carboxylic acids is 1. The zero-order valence-corrected chi connectivity index (χ0v) is 15.3. The Balaban J connectivity index is 1.45. The first-order valence-electron chi connectivity index (χ1n) is 9.22. The van der Waals surface area contributed by atoms with Gasteiger partial charge in [0, 0.05) is 69.3 Å². The second-order valence-electron chi connectivity index (χ2n) is 7.50. The van der Waals surface area contributed by atoms with E-state index >= 15 is 0 Å². The van der Waals surface area contributed by atoms with Crippen molar-refractivity contribution in [1.82, 2.24) is 29.3 Å². The third-order valence-corrected chi connectivity index (χ3v) is 5.83. The van der Waals surface area contributed by atoms with Gasteiger partial charge in [0.05, 0.1) is 6.33 Å². The third kappa shape index (κ3) is 3.12. The molecule has 2 aliphatic heterocycles. The summed E-state index contributed by atoms with van der Waals surface area (Å²) in [4.78, 5) is 40.1. The van der Waals surface area contributed by atoms with E-state index in [0.29, 0.717) is 26.2 Å². The van der Waals surface area contributed by atoms with Gasteiger partial charge in [0.1, 0.15) is 17.8 Å². The molecule has 0 spiro atoms. The van der Waals surface area contributed by atoms with Gasteiger partial charge in [-0.25, -0.2) is 9.97 Å². The van der Waals surface area contributed by atoms with Crippen LogP contribution in [0.3, 0.4) is 0 Å². The minimum absolute atomic E-state index is 0.0437. The van der Waals surface area contributed by atoms with E-state index in [4.69, 9.17) is 0 Å². The minimum atomic E-state index is -0.891. The number of likely N-dealkylation sites (tertiary alicyclic amines) is 2. The van der Waals surface area contributed by atoms with E-state index in [1.807, 2.05) is 11.5 Å². The summed E-state index contributed by atoms with van der Waals surface area (Å²) in [6.45, 7) is 4.72. The summed E-state index contributed by atoms with van der Waals surface area (Å²) >= 11 is 0. The number of aryl methyl sites for hydroxylation is 1. The second-order valence-corrected chi connectivity index (χ2v) is 7.50. The first kappa shape index (κ1) is 17.7. The van der Waals surface area contributed by atoms with E-state index in [1.165, 1.54) is 0 Å². The van der Waals surface area contributed by atoms with Crippen LogP contribution in [0.5, 0.6) is 0 Å². The summed E-state index contributed by atoms with van der Waals surface area (Å²) in [5.74, 6) is -0.0543. The molecule has 27 heavy (non-hydrogen) atoms. The molecule has 9 heteroatoms. The molecule has 2 saturated heterocycles. The van der Waals surface area contributed by atoms with Gasteiger partial charge in [-0.3, -0.25) is 14.5 Å². The predicted octanol–water partition coefficient (Wildman–Crippen LogP) is 0.214. The Labute approximate surface area is 157 Å². The average molecular weight is 372 g/mol. The average Bonchev–Trinajstić information content (AvgIpc) is 3.37. The number of hydrogen-bond acceptors (Lipinski definition) is 5. The molecule has 2 atom stereocenters. The molecule has 4 rings (SSSR count). The number of imidazole rings is 2. The van der Waals surface area contributed by atoms with Crippen molar-refractivity contribution >= 4 is 11.9 Å². The first-order chi connectivity index (χ1) is 13.0. The zero-order chi connectivity index (χ0) is 19.0.